The molecule has 1 amide bonds. The van der Waals surface area contributed by atoms with Gasteiger partial charge in [-0.05, 0) is 5.56 Å². The first-order valence-corrected chi connectivity index (χ1v) is 5.64. The fraction of sp³-hybridized carbons (Fsp3) is 0.0909. The van der Waals surface area contributed by atoms with Crippen LogP contribution in [0.25, 0.3) is 10.6 Å². The monoisotopic (exact) mass is 233 g/mol. The van der Waals surface area contributed by atoms with Crippen molar-refractivity contribution in [3.8, 4) is 10.6 Å². The molecule has 2 rings (SSSR count). The van der Waals surface area contributed by atoms with E-state index in [-0.39, 0.29) is 0 Å². The Morgan fingerprint density at radius 1 is 1.38 bits per heavy atom. The van der Waals surface area contributed by atoms with Gasteiger partial charge in [-0.25, -0.2) is 4.98 Å². The van der Waals surface area contributed by atoms with Crippen LogP contribution < -0.4 is 11.5 Å². The Balaban J connectivity index is 2.46. The topological polar surface area (TPSA) is 82.0 Å². The fourth-order valence-electron chi connectivity index (χ4n) is 1.42. The second kappa shape index (κ2) is 4.42. The summed E-state index contributed by atoms with van der Waals surface area (Å²) >= 11 is 1.39. The molecule has 0 saturated heterocycles. The molecule has 1 aromatic carbocycles. The highest BCUT2D eigenvalue weighted by atomic mass is 32.1. The van der Waals surface area contributed by atoms with E-state index in [0.717, 1.165) is 16.1 Å². The Kier molecular flexibility index (Phi) is 2.98. The minimum absolute atomic E-state index is 0.298. The highest BCUT2D eigenvalue weighted by molar-refractivity contribution is 7.13. The normalized spacial score (nSPS) is 10.3. The maximum absolute atomic E-state index is 10.9. The molecule has 0 aliphatic heterocycles. The van der Waals surface area contributed by atoms with Crippen molar-refractivity contribution in [3.05, 3.63) is 40.9 Å². The Bertz CT molecular complexity index is 521. The van der Waals surface area contributed by atoms with E-state index in [1.165, 1.54) is 11.3 Å². The van der Waals surface area contributed by atoms with Crippen molar-refractivity contribution in [1.29, 1.82) is 0 Å². The van der Waals surface area contributed by atoms with E-state index in [1.54, 1.807) is 5.38 Å². The molecule has 16 heavy (non-hydrogen) atoms. The summed E-state index contributed by atoms with van der Waals surface area (Å²) in [5, 5.41) is 2.43. The van der Waals surface area contributed by atoms with Gasteiger partial charge in [0.25, 0.3) is 5.91 Å². The first-order valence-electron chi connectivity index (χ1n) is 4.76. The van der Waals surface area contributed by atoms with Crippen LogP contribution in [0.15, 0.2) is 29.6 Å². The van der Waals surface area contributed by atoms with Gasteiger partial charge in [0.15, 0.2) is 0 Å². The quantitative estimate of drug-likeness (QED) is 0.840. The molecule has 0 saturated carbocycles. The van der Waals surface area contributed by atoms with Crippen molar-refractivity contribution < 1.29 is 4.79 Å². The number of primary amides is 1. The van der Waals surface area contributed by atoms with Crippen LogP contribution in [0.2, 0.25) is 0 Å². The van der Waals surface area contributed by atoms with Crippen LogP contribution in [-0.4, -0.2) is 10.9 Å². The molecule has 0 bridgehead atoms. The maximum atomic E-state index is 10.9. The second-order valence-electron chi connectivity index (χ2n) is 3.26. The molecule has 82 valence electrons. The Morgan fingerprint density at radius 2 is 2.12 bits per heavy atom. The van der Waals surface area contributed by atoms with E-state index in [0.29, 0.717) is 12.2 Å². The van der Waals surface area contributed by atoms with Crippen molar-refractivity contribution in [1.82, 2.24) is 4.98 Å². The van der Waals surface area contributed by atoms with Gasteiger partial charge in [0.05, 0.1) is 0 Å². The summed E-state index contributed by atoms with van der Waals surface area (Å²) in [5.41, 5.74) is 13.1. The zero-order valence-corrected chi connectivity index (χ0v) is 9.33. The van der Waals surface area contributed by atoms with Gasteiger partial charge in [-0.15, -0.1) is 11.3 Å². The van der Waals surface area contributed by atoms with Gasteiger partial charge in [-0.3, -0.25) is 4.79 Å². The van der Waals surface area contributed by atoms with Gasteiger partial charge in [0.1, 0.15) is 10.7 Å². The summed E-state index contributed by atoms with van der Waals surface area (Å²) < 4.78 is 0. The van der Waals surface area contributed by atoms with Gasteiger partial charge >= 0.3 is 0 Å². The summed E-state index contributed by atoms with van der Waals surface area (Å²) in [6.45, 7) is 0.446. The molecule has 1 aromatic heterocycles. The minimum atomic E-state index is -0.507. The molecule has 5 heteroatoms. The smallest absolute Gasteiger partial charge is 0.268 e. The third-order valence-electron chi connectivity index (χ3n) is 2.22. The molecule has 0 aliphatic carbocycles. The predicted molar refractivity (Wildman–Crippen MR) is 64.0 cm³/mol. The van der Waals surface area contributed by atoms with Crippen LogP contribution in [0.1, 0.15) is 16.1 Å². The van der Waals surface area contributed by atoms with Crippen LogP contribution in [-0.2, 0) is 6.54 Å². The van der Waals surface area contributed by atoms with E-state index in [2.05, 4.69) is 4.98 Å². The number of hydrogen-bond donors (Lipinski definition) is 2. The summed E-state index contributed by atoms with van der Waals surface area (Å²) in [6.07, 6.45) is 0. The number of amides is 1. The lowest BCUT2D eigenvalue weighted by Gasteiger charge is -2.03. The van der Waals surface area contributed by atoms with Gasteiger partial charge in [-0.1, -0.05) is 24.3 Å². The van der Waals surface area contributed by atoms with Gasteiger partial charge < -0.3 is 11.5 Å². The standard InChI is InChI=1S/C11H11N3OS/c12-5-7-3-1-2-4-8(7)11-14-9(6-16-11)10(13)15/h1-4,6H,5,12H2,(H2,13,15). The fourth-order valence-corrected chi connectivity index (χ4v) is 2.29. The van der Waals surface area contributed by atoms with Gasteiger partial charge in [0.2, 0.25) is 0 Å². The van der Waals surface area contributed by atoms with E-state index in [1.807, 2.05) is 24.3 Å². The molecule has 1 heterocycles. The lowest BCUT2D eigenvalue weighted by atomic mass is 10.1. The minimum Gasteiger partial charge on any atom is -0.364 e. The molecule has 0 radical (unpaired) electrons. The SMILES string of the molecule is NCc1ccccc1-c1nc(C(N)=O)cs1. The third kappa shape index (κ3) is 1.95. The lowest BCUT2D eigenvalue weighted by molar-refractivity contribution is 0.0996. The van der Waals surface area contributed by atoms with Crippen LogP contribution in [0.5, 0.6) is 0 Å². The number of nitrogens with two attached hydrogens (primary N) is 2. The van der Waals surface area contributed by atoms with Gasteiger partial charge in [0, 0.05) is 17.5 Å². The highest BCUT2D eigenvalue weighted by Crippen LogP contribution is 2.26. The number of carbonyl (C=O) groups excluding carboxylic acids is 1. The molecular weight excluding hydrogens is 222 g/mol. The van der Waals surface area contributed by atoms with E-state index < -0.39 is 5.91 Å². The number of benzene rings is 1. The molecule has 0 spiro atoms. The number of carbonyl (C=O) groups is 1. The molecule has 0 aliphatic rings. The second-order valence-corrected chi connectivity index (χ2v) is 4.12. The summed E-state index contributed by atoms with van der Waals surface area (Å²) in [7, 11) is 0. The zero-order chi connectivity index (χ0) is 11.5. The van der Waals surface area contributed by atoms with Crippen molar-refractivity contribution in [2.24, 2.45) is 11.5 Å². The van der Waals surface area contributed by atoms with Crippen LogP contribution in [0.3, 0.4) is 0 Å². The Labute approximate surface area is 96.9 Å². The average molecular weight is 233 g/mol. The van der Waals surface area contributed by atoms with Crippen molar-refractivity contribution in [2.75, 3.05) is 0 Å². The van der Waals surface area contributed by atoms with E-state index >= 15 is 0 Å². The molecular formula is C11H11N3OS. The van der Waals surface area contributed by atoms with E-state index in [4.69, 9.17) is 11.5 Å². The zero-order valence-electron chi connectivity index (χ0n) is 8.51. The number of aromatic nitrogens is 1. The van der Waals surface area contributed by atoms with Gasteiger partial charge in [-0.2, -0.15) is 0 Å². The number of thiazole rings is 1. The average Bonchev–Trinajstić information content (AvgIpc) is 2.78. The third-order valence-corrected chi connectivity index (χ3v) is 3.10. The highest BCUT2D eigenvalue weighted by Gasteiger charge is 2.10. The van der Waals surface area contributed by atoms with Crippen LogP contribution >= 0.6 is 11.3 Å². The van der Waals surface area contributed by atoms with Crippen molar-refractivity contribution in [2.45, 2.75) is 6.54 Å². The number of nitrogens with zero attached hydrogens (tertiary/aromatic N) is 1. The molecule has 2 aromatic rings. The van der Waals surface area contributed by atoms with E-state index in [9.17, 15) is 4.79 Å². The van der Waals surface area contributed by atoms with Crippen LogP contribution in [0.4, 0.5) is 0 Å². The predicted octanol–water partition coefficient (Wildman–Crippen LogP) is 1.37. The molecule has 0 fully saturated rings. The summed E-state index contributed by atoms with van der Waals surface area (Å²) in [5.74, 6) is -0.507. The number of hydrogen-bond acceptors (Lipinski definition) is 4. The molecule has 0 unspecified atom stereocenters. The molecule has 4 N–H and O–H groups in total. The molecule has 4 nitrogen and oxygen atoms in total. The summed E-state index contributed by atoms with van der Waals surface area (Å²) in [6, 6.07) is 7.72. The first-order chi connectivity index (χ1) is 7.72. The Morgan fingerprint density at radius 3 is 2.75 bits per heavy atom. The number of rotatable bonds is 3. The van der Waals surface area contributed by atoms with Crippen molar-refractivity contribution >= 4 is 17.2 Å². The molecule has 0 atom stereocenters. The first kappa shape index (κ1) is 10.8. The van der Waals surface area contributed by atoms with Crippen molar-refractivity contribution in [3.63, 3.8) is 0 Å². The largest absolute Gasteiger partial charge is 0.364 e. The lowest BCUT2D eigenvalue weighted by Crippen LogP contribution is -2.11. The van der Waals surface area contributed by atoms with Crippen LogP contribution in [0, 0.1) is 0 Å². The Hall–Kier alpha value is -1.72. The maximum Gasteiger partial charge on any atom is 0.268 e. The summed E-state index contributed by atoms with van der Waals surface area (Å²) in [4.78, 5) is 15.1.